The standard InChI is InChI=1S/C27H32N2O6/c1-17(2)12-23(27(33)34-4)29(24-16-35-25-11-10-20(15-30)13-21(24)25)26(32)22(28-18(3)31)14-19-8-6-5-7-9-19/h5-11,13,15,17,22-24H,12,14,16H2,1-4H3,(H,28,31)/t22?,23-,24+/m0/s1. The summed E-state index contributed by atoms with van der Waals surface area (Å²) in [7, 11) is 1.29. The maximum absolute atomic E-state index is 14.2. The topological polar surface area (TPSA) is 102 Å². The Kier molecular flexibility index (Phi) is 8.63. The highest BCUT2D eigenvalue weighted by atomic mass is 16.5. The summed E-state index contributed by atoms with van der Waals surface area (Å²) < 4.78 is 10.9. The van der Waals surface area contributed by atoms with Gasteiger partial charge in [0.05, 0.1) is 13.2 Å². The molecule has 1 aliphatic rings. The molecule has 1 heterocycles. The van der Waals surface area contributed by atoms with Gasteiger partial charge in [-0.25, -0.2) is 4.79 Å². The molecular weight excluding hydrogens is 448 g/mol. The largest absolute Gasteiger partial charge is 0.491 e. The van der Waals surface area contributed by atoms with Crippen molar-refractivity contribution in [2.45, 2.75) is 51.7 Å². The summed E-state index contributed by atoms with van der Waals surface area (Å²) in [6, 6.07) is 11.9. The lowest BCUT2D eigenvalue weighted by Gasteiger charge is -2.37. The summed E-state index contributed by atoms with van der Waals surface area (Å²) in [4.78, 5) is 52.1. The van der Waals surface area contributed by atoms with Gasteiger partial charge in [-0.15, -0.1) is 0 Å². The molecule has 186 valence electrons. The number of amides is 2. The van der Waals surface area contributed by atoms with Gasteiger partial charge in [0.2, 0.25) is 11.8 Å². The molecule has 2 aromatic rings. The molecule has 3 atom stereocenters. The molecular formula is C27H32N2O6. The first-order valence-corrected chi connectivity index (χ1v) is 11.7. The lowest BCUT2D eigenvalue weighted by Crippen LogP contribution is -2.56. The molecule has 2 aromatic carbocycles. The third kappa shape index (κ3) is 6.26. The second-order valence-corrected chi connectivity index (χ2v) is 9.10. The quantitative estimate of drug-likeness (QED) is 0.414. The highest BCUT2D eigenvalue weighted by Crippen LogP contribution is 2.39. The van der Waals surface area contributed by atoms with Crippen LogP contribution in [0.4, 0.5) is 0 Å². The van der Waals surface area contributed by atoms with Gasteiger partial charge in [0, 0.05) is 24.5 Å². The van der Waals surface area contributed by atoms with Gasteiger partial charge < -0.3 is 19.7 Å². The van der Waals surface area contributed by atoms with E-state index in [1.54, 1.807) is 18.2 Å². The summed E-state index contributed by atoms with van der Waals surface area (Å²) in [5.74, 6) is -0.702. The minimum atomic E-state index is -0.910. The Hall–Kier alpha value is -3.68. The van der Waals surface area contributed by atoms with Gasteiger partial charge in [0.25, 0.3) is 0 Å². The molecule has 8 nitrogen and oxygen atoms in total. The Morgan fingerprint density at radius 2 is 1.89 bits per heavy atom. The third-order valence-electron chi connectivity index (χ3n) is 5.98. The predicted molar refractivity (Wildman–Crippen MR) is 130 cm³/mol. The Morgan fingerprint density at radius 3 is 2.49 bits per heavy atom. The molecule has 0 aromatic heterocycles. The molecule has 8 heteroatoms. The number of ether oxygens (including phenoxy) is 2. The van der Waals surface area contributed by atoms with E-state index in [0.29, 0.717) is 23.3 Å². The highest BCUT2D eigenvalue weighted by Gasteiger charge is 2.43. The van der Waals surface area contributed by atoms with Gasteiger partial charge >= 0.3 is 5.97 Å². The zero-order valence-corrected chi connectivity index (χ0v) is 20.5. The number of nitrogens with zero attached hydrogens (tertiary/aromatic N) is 1. The van der Waals surface area contributed by atoms with E-state index < -0.39 is 30.0 Å². The number of nitrogens with one attached hydrogen (secondary N) is 1. The summed E-state index contributed by atoms with van der Waals surface area (Å²) in [5.41, 5.74) is 1.94. The van der Waals surface area contributed by atoms with Crippen LogP contribution in [0.5, 0.6) is 5.75 Å². The summed E-state index contributed by atoms with van der Waals surface area (Å²) in [5, 5.41) is 2.76. The molecule has 0 bridgehead atoms. The second kappa shape index (κ2) is 11.6. The first kappa shape index (κ1) is 25.9. The maximum Gasteiger partial charge on any atom is 0.328 e. The van der Waals surface area contributed by atoms with Crippen LogP contribution < -0.4 is 10.1 Å². The molecule has 0 spiro atoms. The molecule has 1 unspecified atom stereocenters. The van der Waals surface area contributed by atoms with Crippen LogP contribution in [0.3, 0.4) is 0 Å². The molecule has 2 amide bonds. The Balaban J connectivity index is 2.09. The fraction of sp³-hybridized carbons (Fsp3) is 0.407. The van der Waals surface area contributed by atoms with Crippen LogP contribution in [0, 0.1) is 5.92 Å². The van der Waals surface area contributed by atoms with Gasteiger partial charge in [-0.1, -0.05) is 44.2 Å². The summed E-state index contributed by atoms with van der Waals surface area (Å²) in [6.07, 6.45) is 1.33. The van der Waals surface area contributed by atoms with Crippen molar-refractivity contribution in [2.75, 3.05) is 13.7 Å². The van der Waals surface area contributed by atoms with Gasteiger partial charge in [0.1, 0.15) is 30.7 Å². The summed E-state index contributed by atoms with van der Waals surface area (Å²) in [6.45, 7) is 5.38. The number of hydrogen-bond acceptors (Lipinski definition) is 6. The average Bonchev–Trinajstić information content (AvgIpc) is 3.25. The SMILES string of the molecule is COC(=O)[C@H](CC(C)C)N(C(=O)C(Cc1ccccc1)NC(C)=O)[C@@H]1COc2ccc(C=O)cc21. The number of benzene rings is 2. The van der Waals surface area contributed by atoms with Gasteiger partial charge in [-0.2, -0.15) is 0 Å². The van der Waals surface area contributed by atoms with Crippen molar-refractivity contribution >= 4 is 24.1 Å². The average molecular weight is 481 g/mol. The smallest absolute Gasteiger partial charge is 0.328 e. The predicted octanol–water partition coefficient (Wildman–Crippen LogP) is 3.10. The molecule has 1 N–H and O–H groups in total. The number of rotatable bonds is 10. The zero-order chi connectivity index (χ0) is 25.5. The van der Waals surface area contributed by atoms with E-state index >= 15 is 0 Å². The van der Waals surface area contributed by atoms with Crippen molar-refractivity contribution < 1.29 is 28.7 Å². The van der Waals surface area contributed by atoms with Crippen LogP contribution in [0.25, 0.3) is 0 Å². The number of hydrogen-bond donors (Lipinski definition) is 1. The van der Waals surface area contributed by atoms with E-state index in [-0.39, 0.29) is 24.9 Å². The van der Waals surface area contributed by atoms with E-state index in [4.69, 9.17) is 9.47 Å². The number of esters is 1. The highest BCUT2D eigenvalue weighted by molar-refractivity contribution is 5.91. The van der Waals surface area contributed by atoms with E-state index in [9.17, 15) is 19.2 Å². The molecule has 0 saturated carbocycles. The van der Waals surface area contributed by atoms with Crippen LogP contribution in [0.15, 0.2) is 48.5 Å². The Morgan fingerprint density at radius 1 is 1.17 bits per heavy atom. The van der Waals surface area contributed by atoms with Crippen LogP contribution >= 0.6 is 0 Å². The minimum absolute atomic E-state index is 0.0749. The van der Waals surface area contributed by atoms with Crippen LogP contribution in [-0.2, 0) is 25.5 Å². The Bertz CT molecular complexity index is 1070. The van der Waals surface area contributed by atoms with Crippen molar-refractivity contribution in [3.63, 3.8) is 0 Å². The Labute approximate surface area is 205 Å². The number of methoxy groups -OCH3 is 1. The van der Waals surface area contributed by atoms with Crippen LogP contribution in [0.2, 0.25) is 0 Å². The molecule has 0 fully saturated rings. The minimum Gasteiger partial charge on any atom is -0.491 e. The van der Waals surface area contributed by atoms with Crippen LogP contribution in [0.1, 0.15) is 54.7 Å². The second-order valence-electron chi connectivity index (χ2n) is 9.10. The molecule has 0 saturated heterocycles. The monoisotopic (exact) mass is 480 g/mol. The van der Waals surface area contributed by atoms with E-state index in [2.05, 4.69) is 5.32 Å². The van der Waals surface area contributed by atoms with Crippen LogP contribution in [-0.4, -0.2) is 54.8 Å². The number of carbonyl (C=O) groups is 4. The van der Waals surface area contributed by atoms with E-state index in [1.807, 2.05) is 44.2 Å². The van der Waals surface area contributed by atoms with Gasteiger partial charge in [-0.05, 0) is 36.1 Å². The van der Waals surface area contributed by atoms with Crippen molar-refractivity contribution in [3.8, 4) is 5.75 Å². The zero-order valence-electron chi connectivity index (χ0n) is 20.5. The summed E-state index contributed by atoms with van der Waals surface area (Å²) >= 11 is 0. The molecule has 35 heavy (non-hydrogen) atoms. The number of aldehydes is 1. The van der Waals surface area contributed by atoms with E-state index in [1.165, 1.54) is 18.9 Å². The third-order valence-corrected chi connectivity index (χ3v) is 5.98. The molecule has 0 radical (unpaired) electrons. The fourth-order valence-electron chi connectivity index (χ4n) is 4.43. The van der Waals surface area contributed by atoms with Crippen molar-refractivity contribution in [1.29, 1.82) is 0 Å². The first-order chi connectivity index (χ1) is 16.7. The molecule has 3 rings (SSSR count). The number of carbonyl (C=O) groups excluding carboxylic acids is 4. The molecule has 1 aliphatic heterocycles. The van der Waals surface area contributed by atoms with Gasteiger partial charge in [-0.3, -0.25) is 14.4 Å². The van der Waals surface area contributed by atoms with Crippen molar-refractivity contribution in [1.82, 2.24) is 10.2 Å². The molecule has 0 aliphatic carbocycles. The van der Waals surface area contributed by atoms with Gasteiger partial charge in [0.15, 0.2) is 0 Å². The number of fused-ring (bicyclic) bond motifs is 1. The van der Waals surface area contributed by atoms with Crippen molar-refractivity contribution in [2.24, 2.45) is 5.92 Å². The van der Waals surface area contributed by atoms with E-state index in [0.717, 1.165) is 11.8 Å². The first-order valence-electron chi connectivity index (χ1n) is 11.7. The lowest BCUT2D eigenvalue weighted by molar-refractivity contribution is -0.157. The fourth-order valence-corrected chi connectivity index (χ4v) is 4.43. The van der Waals surface area contributed by atoms with Crippen molar-refractivity contribution in [3.05, 3.63) is 65.2 Å². The lowest BCUT2D eigenvalue weighted by atomic mass is 9.95. The maximum atomic E-state index is 14.2. The normalized spacial score (nSPS) is 16.0.